The number of rotatable bonds is 2. The van der Waals surface area contributed by atoms with Gasteiger partial charge in [0.25, 0.3) is 5.91 Å². The van der Waals surface area contributed by atoms with Crippen molar-refractivity contribution in [2.24, 2.45) is 0 Å². The maximum absolute atomic E-state index is 12.3. The summed E-state index contributed by atoms with van der Waals surface area (Å²) < 4.78 is 0. The number of aryl methyl sites for hydroxylation is 1. The minimum atomic E-state index is -0.134. The zero-order valence-corrected chi connectivity index (χ0v) is 12.7. The summed E-state index contributed by atoms with van der Waals surface area (Å²) in [5.41, 5.74) is 4.26. The molecule has 0 bridgehead atoms. The van der Waals surface area contributed by atoms with Crippen LogP contribution in [0.2, 0.25) is 0 Å². The second kappa shape index (κ2) is 5.47. The number of carbonyl (C=O) groups is 1. The lowest BCUT2D eigenvalue weighted by molar-refractivity contribution is 0.0933. The average molecular weight is 306 g/mol. The molecule has 4 nitrogen and oxygen atoms in total. The number of fused-ring (bicyclic) bond motifs is 3. The molecule has 1 aromatic heterocycles. The molecule has 0 saturated heterocycles. The molecule has 116 valence electrons. The highest BCUT2D eigenvalue weighted by Crippen LogP contribution is 2.29. The van der Waals surface area contributed by atoms with Crippen LogP contribution in [0.25, 0.3) is 10.9 Å². The van der Waals surface area contributed by atoms with Crippen molar-refractivity contribution in [1.29, 1.82) is 0 Å². The van der Waals surface area contributed by atoms with Gasteiger partial charge < -0.3 is 15.4 Å². The van der Waals surface area contributed by atoms with Crippen LogP contribution < -0.4 is 5.32 Å². The van der Waals surface area contributed by atoms with E-state index in [0.717, 1.165) is 24.8 Å². The molecule has 1 unspecified atom stereocenters. The number of carbonyl (C=O) groups excluding carboxylic acids is 1. The molecule has 0 radical (unpaired) electrons. The van der Waals surface area contributed by atoms with Gasteiger partial charge in [-0.15, -0.1) is 0 Å². The number of para-hydroxylation sites is 1. The average Bonchev–Trinajstić information content (AvgIpc) is 2.92. The van der Waals surface area contributed by atoms with E-state index in [1.54, 1.807) is 18.2 Å². The highest BCUT2D eigenvalue weighted by Gasteiger charge is 2.23. The van der Waals surface area contributed by atoms with Crippen LogP contribution in [-0.4, -0.2) is 22.0 Å². The van der Waals surface area contributed by atoms with Gasteiger partial charge in [-0.05, 0) is 42.7 Å². The van der Waals surface area contributed by atoms with Gasteiger partial charge in [-0.2, -0.15) is 0 Å². The van der Waals surface area contributed by atoms with E-state index < -0.39 is 0 Å². The van der Waals surface area contributed by atoms with Crippen molar-refractivity contribution < 1.29 is 9.90 Å². The van der Waals surface area contributed by atoms with Crippen molar-refractivity contribution in [2.75, 3.05) is 0 Å². The van der Waals surface area contributed by atoms with Crippen LogP contribution in [0, 0.1) is 0 Å². The number of aromatic nitrogens is 1. The molecule has 0 fully saturated rings. The second-order valence-electron chi connectivity index (χ2n) is 6.09. The predicted octanol–water partition coefficient (Wildman–Crippen LogP) is 3.16. The van der Waals surface area contributed by atoms with Gasteiger partial charge in [0, 0.05) is 34.6 Å². The minimum Gasteiger partial charge on any atom is -0.508 e. The second-order valence-corrected chi connectivity index (χ2v) is 6.09. The summed E-state index contributed by atoms with van der Waals surface area (Å²) in [5.74, 6) is -0.0235. The number of phenols is 1. The van der Waals surface area contributed by atoms with Crippen LogP contribution in [0.1, 0.15) is 28.0 Å². The van der Waals surface area contributed by atoms with Crippen LogP contribution >= 0.6 is 0 Å². The third-order valence-corrected chi connectivity index (χ3v) is 4.54. The lowest BCUT2D eigenvalue weighted by Crippen LogP contribution is -2.38. The van der Waals surface area contributed by atoms with Crippen molar-refractivity contribution in [2.45, 2.75) is 25.3 Å². The fourth-order valence-electron chi connectivity index (χ4n) is 3.42. The molecule has 0 spiro atoms. The zero-order valence-electron chi connectivity index (χ0n) is 12.7. The lowest BCUT2D eigenvalue weighted by Gasteiger charge is -2.23. The van der Waals surface area contributed by atoms with Crippen LogP contribution in [-0.2, 0) is 12.8 Å². The normalized spacial score (nSPS) is 17.0. The molecular formula is C19H18N2O2. The van der Waals surface area contributed by atoms with Gasteiger partial charge in [0.1, 0.15) is 5.75 Å². The number of benzene rings is 2. The Bertz CT molecular complexity index is 882. The van der Waals surface area contributed by atoms with E-state index in [9.17, 15) is 9.90 Å². The Morgan fingerprint density at radius 1 is 1.17 bits per heavy atom. The molecule has 3 aromatic rings. The summed E-state index contributed by atoms with van der Waals surface area (Å²) in [4.78, 5) is 15.8. The topological polar surface area (TPSA) is 65.1 Å². The van der Waals surface area contributed by atoms with E-state index in [1.165, 1.54) is 22.7 Å². The monoisotopic (exact) mass is 306 g/mol. The lowest BCUT2D eigenvalue weighted by atomic mass is 9.91. The number of nitrogens with one attached hydrogen (secondary N) is 2. The molecule has 4 heteroatoms. The highest BCUT2D eigenvalue weighted by molar-refractivity contribution is 5.94. The summed E-state index contributed by atoms with van der Waals surface area (Å²) >= 11 is 0. The molecule has 0 saturated carbocycles. The van der Waals surface area contributed by atoms with E-state index >= 15 is 0 Å². The number of aromatic hydroxyl groups is 1. The SMILES string of the molecule is O=C(NC1CCc2c([nH]c3ccccc23)C1)c1cccc(O)c1. The van der Waals surface area contributed by atoms with Crippen molar-refractivity contribution in [1.82, 2.24) is 10.3 Å². The molecule has 1 aliphatic carbocycles. The Morgan fingerprint density at radius 3 is 2.91 bits per heavy atom. The Balaban J connectivity index is 1.53. The molecule has 0 aliphatic heterocycles. The van der Waals surface area contributed by atoms with Gasteiger partial charge in [0.05, 0.1) is 0 Å². The number of amides is 1. The maximum Gasteiger partial charge on any atom is 0.251 e. The molecule has 4 rings (SSSR count). The standard InChI is InChI=1S/C19H18N2O2/c22-14-5-3-4-12(10-14)19(23)20-13-8-9-16-15-6-1-2-7-17(15)21-18(16)11-13/h1-7,10,13,21-22H,8-9,11H2,(H,20,23). The number of hydrogen-bond donors (Lipinski definition) is 3. The van der Waals surface area contributed by atoms with Gasteiger partial charge in [0.2, 0.25) is 0 Å². The van der Waals surface area contributed by atoms with Crippen molar-refractivity contribution in [3.05, 3.63) is 65.4 Å². The fraction of sp³-hybridized carbons (Fsp3) is 0.211. The largest absolute Gasteiger partial charge is 0.508 e. The van der Waals surface area contributed by atoms with E-state index in [0.29, 0.717) is 5.56 Å². The highest BCUT2D eigenvalue weighted by atomic mass is 16.3. The third kappa shape index (κ3) is 2.57. The number of hydrogen-bond acceptors (Lipinski definition) is 2. The Labute approximate surface area is 134 Å². The molecule has 1 amide bonds. The van der Waals surface area contributed by atoms with Crippen LogP contribution in [0.3, 0.4) is 0 Å². The van der Waals surface area contributed by atoms with Gasteiger partial charge >= 0.3 is 0 Å². The van der Waals surface area contributed by atoms with E-state index in [4.69, 9.17) is 0 Å². The Kier molecular flexibility index (Phi) is 3.30. The quantitative estimate of drug-likeness (QED) is 0.681. The number of aromatic amines is 1. The molecule has 3 N–H and O–H groups in total. The predicted molar refractivity (Wildman–Crippen MR) is 89.7 cm³/mol. The van der Waals surface area contributed by atoms with Crippen LogP contribution in [0.5, 0.6) is 5.75 Å². The molecule has 1 atom stereocenters. The van der Waals surface area contributed by atoms with Gasteiger partial charge in [0.15, 0.2) is 0 Å². The van der Waals surface area contributed by atoms with Gasteiger partial charge in [-0.3, -0.25) is 4.79 Å². The van der Waals surface area contributed by atoms with Crippen LogP contribution in [0.4, 0.5) is 0 Å². The summed E-state index contributed by atoms with van der Waals surface area (Å²) in [7, 11) is 0. The summed E-state index contributed by atoms with van der Waals surface area (Å²) in [6.45, 7) is 0. The zero-order chi connectivity index (χ0) is 15.8. The molecule has 23 heavy (non-hydrogen) atoms. The van der Waals surface area contributed by atoms with Gasteiger partial charge in [-0.1, -0.05) is 24.3 Å². The van der Waals surface area contributed by atoms with E-state index in [2.05, 4.69) is 28.5 Å². The number of H-pyrrole nitrogens is 1. The van der Waals surface area contributed by atoms with Crippen molar-refractivity contribution in [3.8, 4) is 5.75 Å². The first kappa shape index (κ1) is 13.9. The Morgan fingerprint density at radius 2 is 2.04 bits per heavy atom. The fourth-order valence-corrected chi connectivity index (χ4v) is 3.42. The first-order valence-corrected chi connectivity index (χ1v) is 7.89. The van der Waals surface area contributed by atoms with Crippen molar-refractivity contribution in [3.63, 3.8) is 0 Å². The van der Waals surface area contributed by atoms with Gasteiger partial charge in [-0.25, -0.2) is 0 Å². The van der Waals surface area contributed by atoms with Crippen LogP contribution in [0.15, 0.2) is 48.5 Å². The van der Waals surface area contributed by atoms with E-state index in [-0.39, 0.29) is 17.7 Å². The summed E-state index contributed by atoms with van der Waals surface area (Å²) in [6, 6.07) is 14.9. The molecule has 1 heterocycles. The smallest absolute Gasteiger partial charge is 0.251 e. The first-order valence-electron chi connectivity index (χ1n) is 7.89. The summed E-state index contributed by atoms with van der Waals surface area (Å²) in [5, 5.41) is 13.9. The first-order chi connectivity index (χ1) is 11.2. The summed E-state index contributed by atoms with van der Waals surface area (Å²) in [6.07, 6.45) is 2.71. The minimum absolute atomic E-state index is 0.110. The van der Waals surface area contributed by atoms with E-state index in [1.807, 2.05) is 6.07 Å². The molecule has 2 aromatic carbocycles. The maximum atomic E-state index is 12.3. The third-order valence-electron chi connectivity index (χ3n) is 4.54. The molecule has 1 aliphatic rings. The Hall–Kier alpha value is -2.75. The van der Waals surface area contributed by atoms with Crippen molar-refractivity contribution >= 4 is 16.8 Å². The number of phenolic OH excluding ortho intramolecular Hbond substituents is 1. The molecular weight excluding hydrogens is 288 g/mol.